The van der Waals surface area contributed by atoms with Gasteiger partial charge in [0.15, 0.2) is 0 Å². The predicted molar refractivity (Wildman–Crippen MR) is 78.0 cm³/mol. The average molecular weight is 270 g/mol. The fraction of sp³-hybridized carbons (Fsp3) is 0.333. The van der Waals surface area contributed by atoms with Gasteiger partial charge >= 0.3 is 0 Å². The van der Waals surface area contributed by atoms with E-state index < -0.39 is 5.54 Å². The number of aromatic amines is 1. The lowest BCUT2D eigenvalue weighted by molar-refractivity contribution is -0.121. The molecule has 1 atom stereocenters. The Kier molecular flexibility index (Phi) is 3.06. The summed E-state index contributed by atoms with van der Waals surface area (Å²) in [6.45, 7) is 1.80. The van der Waals surface area contributed by atoms with E-state index in [1.807, 2.05) is 30.3 Å². The molecule has 0 saturated heterocycles. The van der Waals surface area contributed by atoms with Gasteiger partial charge in [-0.2, -0.15) is 5.10 Å². The van der Waals surface area contributed by atoms with Crippen molar-refractivity contribution in [2.24, 2.45) is 11.7 Å². The molecular formula is C15H18N4O. The molecule has 1 saturated carbocycles. The molecular weight excluding hydrogens is 252 g/mol. The van der Waals surface area contributed by atoms with Gasteiger partial charge in [0, 0.05) is 17.4 Å². The number of nitrogens with one attached hydrogen (secondary N) is 2. The van der Waals surface area contributed by atoms with E-state index in [4.69, 9.17) is 5.73 Å². The van der Waals surface area contributed by atoms with Gasteiger partial charge in [0.05, 0.1) is 11.2 Å². The first-order valence-corrected chi connectivity index (χ1v) is 6.77. The number of nitrogens with zero attached hydrogens (tertiary/aromatic N) is 1. The highest BCUT2D eigenvalue weighted by atomic mass is 16.2. The minimum absolute atomic E-state index is 0.123. The molecule has 0 radical (unpaired) electrons. The number of hydrogen-bond acceptors (Lipinski definition) is 3. The van der Waals surface area contributed by atoms with Gasteiger partial charge in [0.1, 0.15) is 0 Å². The van der Waals surface area contributed by atoms with Gasteiger partial charge in [-0.15, -0.1) is 0 Å². The number of carbonyl (C=O) groups is 1. The first-order chi connectivity index (χ1) is 9.57. The molecule has 0 bridgehead atoms. The summed E-state index contributed by atoms with van der Waals surface area (Å²) >= 11 is 0. The molecule has 1 aliphatic carbocycles. The Balaban J connectivity index is 1.78. The minimum atomic E-state index is -0.788. The molecule has 5 nitrogen and oxygen atoms in total. The highest BCUT2D eigenvalue weighted by Crippen LogP contribution is 2.38. The third kappa shape index (κ3) is 2.44. The van der Waals surface area contributed by atoms with E-state index in [0.717, 1.165) is 29.8 Å². The maximum Gasteiger partial charge on any atom is 0.244 e. The normalized spacial score (nSPS) is 17.5. The van der Waals surface area contributed by atoms with E-state index in [1.54, 1.807) is 13.1 Å². The monoisotopic (exact) mass is 270 g/mol. The molecule has 4 N–H and O–H groups in total. The maximum atomic E-state index is 12.3. The van der Waals surface area contributed by atoms with Crippen molar-refractivity contribution in [3.63, 3.8) is 0 Å². The second-order valence-electron chi connectivity index (χ2n) is 5.56. The lowest BCUT2D eigenvalue weighted by Crippen LogP contribution is -2.50. The van der Waals surface area contributed by atoms with Crippen LogP contribution < -0.4 is 11.1 Å². The minimum Gasteiger partial charge on any atom is -0.324 e. The highest BCUT2D eigenvalue weighted by Gasteiger charge is 2.44. The smallest absolute Gasteiger partial charge is 0.244 e. The van der Waals surface area contributed by atoms with Crippen LogP contribution in [0, 0.1) is 5.92 Å². The van der Waals surface area contributed by atoms with Gasteiger partial charge in [0.2, 0.25) is 5.91 Å². The van der Waals surface area contributed by atoms with Crippen LogP contribution in [0.1, 0.15) is 19.8 Å². The van der Waals surface area contributed by atoms with Crippen molar-refractivity contribution in [3.05, 3.63) is 36.5 Å². The number of amides is 1. The van der Waals surface area contributed by atoms with Crippen molar-refractivity contribution in [1.82, 2.24) is 10.2 Å². The third-order valence-corrected chi connectivity index (χ3v) is 3.85. The zero-order valence-electron chi connectivity index (χ0n) is 11.4. The van der Waals surface area contributed by atoms with Crippen LogP contribution >= 0.6 is 0 Å². The van der Waals surface area contributed by atoms with Crippen molar-refractivity contribution in [1.29, 1.82) is 0 Å². The SMILES string of the molecule is CC(N)(C(=O)Nc1cccc(-c2ccn[nH]2)c1)C1CC1. The summed E-state index contributed by atoms with van der Waals surface area (Å²) in [5.41, 5.74) is 7.97. The summed E-state index contributed by atoms with van der Waals surface area (Å²) in [6, 6.07) is 9.52. The fourth-order valence-electron chi connectivity index (χ4n) is 2.32. The number of rotatable bonds is 4. The molecule has 5 heteroatoms. The van der Waals surface area contributed by atoms with Gasteiger partial charge in [-0.05, 0) is 43.9 Å². The number of carbonyl (C=O) groups excluding carboxylic acids is 1. The molecule has 0 spiro atoms. The molecule has 1 unspecified atom stereocenters. The van der Waals surface area contributed by atoms with Gasteiger partial charge in [-0.3, -0.25) is 9.89 Å². The summed E-state index contributed by atoms with van der Waals surface area (Å²) in [4.78, 5) is 12.3. The Morgan fingerprint density at radius 1 is 1.45 bits per heavy atom. The lowest BCUT2D eigenvalue weighted by atomic mass is 9.96. The first kappa shape index (κ1) is 12.9. The topological polar surface area (TPSA) is 83.8 Å². The highest BCUT2D eigenvalue weighted by molar-refractivity contribution is 5.98. The van der Waals surface area contributed by atoms with Crippen LogP contribution in [0.3, 0.4) is 0 Å². The third-order valence-electron chi connectivity index (χ3n) is 3.85. The standard InChI is InChI=1S/C15H18N4O/c1-15(16,11-5-6-11)14(20)18-12-4-2-3-10(9-12)13-7-8-17-19-13/h2-4,7-9,11H,5-6,16H2,1H3,(H,17,19)(H,18,20). The quantitative estimate of drug-likeness (QED) is 0.796. The van der Waals surface area contributed by atoms with Crippen LogP contribution in [-0.2, 0) is 4.79 Å². The maximum absolute atomic E-state index is 12.3. The molecule has 1 aromatic carbocycles. The van der Waals surface area contributed by atoms with Crippen molar-refractivity contribution < 1.29 is 4.79 Å². The summed E-state index contributed by atoms with van der Waals surface area (Å²) in [6.07, 6.45) is 3.77. The summed E-state index contributed by atoms with van der Waals surface area (Å²) in [5.74, 6) is 0.181. The first-order valence-electron chi connectivity index (χ1n) is 6.77. The molecule has 104 valence electrons. The van der Waals surface area contributed by atoms with Gasteiger partial charge in [-0.25, -0.2) is 0 Å². The molecule has 3 rings (SSSR count). The summed E-state index contributed by atoms with van der Waals surface area (Å²) < 4.78 is 0. The molecule has 20 heavy (non-hydrogen) atoms. The van der Waals surface area contributed by atoms with Crippen molar-refractivity contribution >= 4 is 11.6 Å². The van der Waals surface area contributed by atoms with E-state index in [2.05, 4.69) is 15.5 Å². The van der Waals surface area contributed by atoms with E-state index in [1.165, 1.54) is 0 Å². The van der Waals surface area contributed by atoms with E-state index in [0.29, 0.717) is 5.92 Å². The lowest BCUT2D eigenvalue weighted by Gasteiger charge is -2.23. The number of nitrogens with two attached hydrogens (primary N) is 1. The van der Waals surface area contributed by atoms with E-state index in [-0.39, 0.29) is 5.91 Å². The van der Waals surface area contributed by atoms with Crippen LogP contribution in [0.25, 0.3) is 11.3 Å². The second-order valence-corrected chi connectivity index (χ2v) is 5.56. The van der Waals surface area contributed by atoms with E-state index >= 15 is 0 Å². The van der Waals surface area contributed by atoms with Gasteiger partial charge in [-0.1, -0.05) is 12.1 Å². The summed E-state index contributed by atoms with van der Waals surface area (Å²) in [7, 11) is 0. The van der Waals surface area contributed by atoms with Crippen LogP contribution in [0.5, 0.6) is 0 Å². The zero-order chi connectivity index (χ0) is 14.2. The molecule has 0 aliphatic heterocycles. The molecule has 1 aromatic heterocycles. The molecule has 2 aromatic rings. The van der Waals surface area contributed by atoms with Gasteiger partial charge in [0.25, 0.3) is 0 Å². The van der Waals surface area contributed by atoms with Crippen LogP contribution in [0.4, 0.5) is 5.69 Å². The Labute approximate surface area is 117 Å². The number of aromatic nitrogens is 2. The van der Waals surface area contributed by atoms with Crippen molar-refractivity contribution in [3.8, 4) is 11.3 Å². The van der Waals surface area contributed by atoms with Crippen LogP contribution in [-0.4, -0.2) is 21.6 Å². The van der Waals surface area contributed by atoms with Crippen LogP contribution in [0.2, 0.25) is 0 Å². The Bertz CT molecular complexity index is 615. The zero-order valence-corrected chi connectivity index (χ0v) is 11.4. The Morgan fingerprint density at radius 2 is 2.25 bits per heavy atom. The Hall–Kier alpha value is -2.14. The number of anilines is 1. The molecule has 1 aliphatic rings. The second kappa shape index (κ2) is 4.76. The van der Waals surface area contributed by atoms with Crippen molar-refractivity contribution in [2.75, 3.05) is 5.32 Å². The fourth-order valence-corrected chi connectivity index (χ4v) is 2.32. The number of benzene rings is 1. The Morgan fingerprint density at radius 3 is 2.90 bits per heavy atom. The number of hydrogen-bond donors (Lipinski definition) is 3. The van der Waals surface area contributed by atoms with E-state index in [9.17, 15) is 4.79 Å². The van der Waals surface area contributed by atoms with Gasteiger partial charge < -0.3 is 11.1 Å². The predicted octanol–water partition coefficient (Wildman–Crippen LogP) is 2.14. The molecule has 1 amide bonds. The van der Waals surface area contributed by atoms with Crippen LogP contribution in [0.15, 0.2) is 36.5 Å². The average Bonchev–Trinajstić information content (AvgIpc) is 3.15. The van der Waals surface area contributed by atoms with Crippen molar-refractivity contribution in [2.45, 2.75) is 25.3 Å². The molecule has 1 fully saturated rings. The largest absolute Gasteiger partial charge is 0.324 e. The summed E-state index contributed by atoms with van der Waals surface area (Å²) in [5, 5.41) is 9.74. The molecule has 1 heterocycles. The number of H-pyrrole nitrogens is 1.